The van der Waals surface area contributed by atoms with Crippen LogP contribution in [0.4, 0.5) is 5.69 Å². The summed E-state index contributed by atoms with van der Waals surface area (Å²) in [5.74, 6) is 0.670. The lowest BCUT2D eigenvalue weighted by Gasteiger charge is -1.97. The molecule has 24 heavy (non-hydrogen) atoms. The Bertz CT molecular complexity index is 1020. The van der Waals surface area contributed by atoms with Crippen molar-refractivity contribution in [3.63, 3.8) is 0 Å². The van der Waals surface area contributed by atoms with Gasteiger partial charge in [0.05, 0.1) is 10.4 Å². The minimum atomic E-state index is -0.459. The highest BCUT2D eigenvalue weighted by molar-refractivity contribution is 5.73. The maximum Gasteiger partial charge on any atom is 0.269 e. The molecule has 2 aromatic carbocycles. The monoisotopic (exact) mass is 322 g/mol. The smallest absolute Gasteiger partial charge is 0.269 e. The second-order valence-corrected chi connectivity index (χ2v) is 5.04. The standard InChI is InChI=1S/C15H10N6O3/c22-21(23)11-7-5-10(6-8-11)15-18-17-14(24-15)9-20-13-4-2-1-3-12(13)16-19-20/h1-8H,9H2. The van der Waals surface area contributed by atoms with Crippen molar-refractivity contribution in [2.75, 3.05) is 0 Å². The lowest BCUT2D eigenvalue weighted by Crippen LogP contribution is -2.02. The third kappa shape index (κ3) is 2.47. The van der Waals surface area contributed by atoms with Gasteiger partial charge in [0, 0.05) is 17.7 Å². The number of nitro groups is 1. The van der Waals surface area contributed by atoms with Gasteiger partial charge in [0.25, 0.3) is 5.69 Å². The number of benzene rings is 2. The van der Waals surface area contributed by atoms with Gasteiger partial charge in [-0.3, -0.25) is 10.1 Å². The van der Waals surface area contributed by atoms with E-state index >= 15 is 0 Å². The van der Waals surface area contributed by atoms with Crippen LogP contribution in [0.2, 0.25) is 0 Å². The van der Waals surface area contributed by atoms with Crippen molar-refractivity contribution in [2.45, 2.75) is 6.54 Å². The molecule has 9 heteroatoms. The summed E-state index contributed by atoms with van der Waals surface area (Å²) in [6, 6.07) is 13.5. The number of para-hydroxylation sites is 1. The molecule has 4 rings (SSSR count). The van der Waals surface area contributed by atoms with E-state index in [1.165, 1.54) is 12.1 Å². The van der Waals surface area contributed by atoms with Crippen LogP contribution in [0.25, 0.3) is 22.5 Å². The zero-order valence-corrected chi connectivity index (χ0v) is 12.2. The summed E-state index contributed by atoms with van der Waals surface area (Å²) in [4.78, 5) is 10.2. The molecule has 0 aliphatic heterocycles. The first-order chi connectivity index (χ1) is 11.7. The topological polar surface area (TPSA) is 113 Å². The second-order valence-electron chi connectivity index (χ2n) is 5.04. The Morgan fingerprint density at radius 1 is 1.04 bits per heavy atom. The van der Waals surface area contributed by atoms with Crippen molar-refractivity contribution in [3.05, 3.63) is 64.5 Å². The highest BCUT2D eigenvalue weighted by Crippen LogP contribution is 2.21. The molecule has 0 saturated carbocycles. The normalized spacial score (nSPS) is 11.0. The van der Waals surface area contributed by atoms with E-state index in [0.717, 1.165) is 11.0 Å². The average molecular weight is 322 g/mol. The van der Waals surface area contributed by atoms with Crippen LogP contribution in [0.3, 0.4) is 0 Å². The van der Waals surface area contributed by atoms with Gasteiger partial charge in [0.1, 0.15) is 12.1 Å². The zero-order chi connectivity index (χ0) is 16.5. The van der Waals surface area contributed by atoms with E-state index in [4.69, 9.17) is 4.42 Å². The molecule has 0 fully saturated rings. The highest BCUT2D eigenvalue weighted by atomic mass is 16.6. The lowest BCUT2D eigenvalue weighted by molar-refractivity contribution is -0.384. The molecule has 0 saturated heterocycles. The summed E-state index contributed by atoms with van der Waals surface area (Å²) in [6.07, 6.45) is 0. The molecule has 0 amide bonds. The molecular weight excluding hydrogens is 312 g/mol. The van der Waals surface area contributed by atoms with Gasteiger partial charge in [-0.2, -0.15) is 0 Å². The highest BCUT2D eigenvalue weighted by Gasteiger charge is 2.13. The Labute approximate surface area is 134 Å². The maximum atomic E-state index is 10.7. The van der Waals surface area contributed by atoms with Gasteiger partial charge in [-0.1, -0.05) is 17.3 Å². The van der Waals surface area contributed by atoms with E-state index in [1.54, 1.807) is 16.8 Å². The molecule has 0 N–H and O–H groups in total. The van der Waals surface area contributed by atoms with Crippen molar-refractivity contribution in [2.24, 2.45) is 0 Å². The quantitative estimate of drug-likeness (QED) is 0.419. The van der Waals surface area contributed by atoms with Crippen molar-refractivity contribution in [1.29, 1.82) is 0 Å². The Kier molecular flexibility index (Phi) is 3.23. The third-order valence-corrected chi connectivity index (χ3v) is 3.50. The van der Waals surface area contributed by atoms with Gasteiger partial charge >= 0.3 is 0 Å². The molecule has 2 heterocycles. The maximum absolute atomic E-state index is 10.7. The predicted molar refractivity (Wildman–Crippen MR) is 83.0 cm³/mol. The summed E-state index contributed by atoms with van der Waals surface area (Å²) in [6.45, 7) is 0.292. The van der Waals surface area contributed by atoms with E-state index in [1.807, 2.05) is 24.3 Å². The van der Waals surface area contributed by atoms with E-state index in [0.29, 0.717) is 23.9 Å². The number of hydrogen-bond donors (Lipinski definition) is 0. The molecule has 0 bridgehead atoms. The minimum absolute atomic E-state index is 0.00701. The van der Waals surface area contributed by atoms with Crippen molar-refractivity contribution < 1.29 is 9.34 Å². The third-order valence-electron chi connectivity index (χ3n) is 3.50. The van der Waals surface area contributed by atoms with Gasteiger partial charge in [0.15, 0.2) is 0 Å². The first kappa shape index (κ1) is 14.0. The summed E-state index contributed by atoms with van der Waals surface area (Å²) in [5.41, 5.74) is 2.27. The van der Waals surface area contributed by atoms with Crippen LogP contribution in [0, 0.1) is 10.1 Å². The Morgan fingerprint density at radius 3 is 2.62 bits per heavy atom. The molecular formula is C15H10N6O3. The fraction of sp³-hybridized carbons (Fsp3) is 0.0667. The van der Waals surface area contributed by atoms with Crippen LogP contribution < -0.4 is 0 Å². The SMILES string of the molecule is O=[N+]([O-])c1ccc(-c2nnc(Cn3nnc4ccccc43)o2)cc1. The molecule has 118 valence electrons. The predicted octanol–water partition coefficient (Wildman–Crippen LogP) is 2.44. The van der Waals surface area contributed by atoms with Crippen LogP contribution >= 0.6 is 0 Å². The molecule has 0 spiro atoms. The summed E-state index contributed by atoms with van der Waals surface area (Å²) in [7, 11) is 0. The largest absolute Gasteiger partial charge is 0.419 e. The zero-order valence-electron chi connectivity index (χ0n) is 12.2. The van der Waals surface area contributed by atoms with Crippen LogP contribution in [-0.2, 0) is 6.54 Å². The lowest BCUT2D eigenvalue weighted by atomic mass is 10.2. The summed E-state index contributed by atoms with van der Waals surface area (Å²) >= 11 is 0. The van der Waals surface area contributed by atoms with Crippen LogP contribution in [-0.4, -0.2) is 30.1 Å². The number of rotatable bonds is 4. The first-order valence-corrected chi connectivity index (χ1v) is 7.06. The molecule has 0 aliphatic rings. The van der Waals surface area contributed by atoms with Crippen molar-refractivity contribution in [3.8, 4) is 11.5 Å². The average Bonchev–Trinajstić information content (AvgIpc) is 3.23. The fourth-order valence-corrected chi connectivity index (χ4v) is 2.32. The van der Waals surface area contributed by atoms with Gasteiger partial charge in [-0.15, -0.1) is 15.3 Å². The number of nitrogens with zero attached hydrogens (tertiary/aromatic N) is 6. The summed E-state index contributed by atoms with van der Waals surface area (Å²) in [5, 5.41) is 26.8. The molecule has 4 aromatic rings. The van der Waals surface area contributed by atoms with E-state index in [2.05, 4.69) is 20.5 Å². The Balaban J connectivity index is 1.59. The van der Waals surface area contributed by atoms with Crippen LogP contribution in [0.1, 0.15) is 5.89 Å². The van der Waals surface area contributed by atoms with E-state index < -0.39 is 4.92 Å². The molecule has 9 nitrogen and oxygen atoms in total. The summed E-state index contributed by atoms with van der Waals surface area (Å²) < 4.78 is 7.28. The van der Waals surface area contributed by atoms with Crippen molar-refractivity contribution in [1.82, 2.24) is 25.2 Å². The molecule has 0 unspecified atom stereocenters. The van der Waals surface area contributed by atoms with Crippen LogP contribution in [0.15, 0.2) is 52.9 Å². The number of hydrogen-bond acceptors (Lipinski definition) is 7. The number of aromatic nitrogens is 5. The Hall–Kier alpha value is -3.62. The molecule has 0 radical (unpaired) electrons. The van der Waals surface area contributed by atoms with Gasteiger partial charge < -0.3 is 4.42 Å². The van der Waals surface area contributed by atoms with Crippen molar-refractivity contribution >= 4 is 16.7 Å². The van der Waals surface area contributed by atoms with E-state index in [-0.39, 0.29) is 5.69 Å². The molecule has 0 atom stereocenters. The number of non-ortho nitro benzene ring substituents is 1. The van der Waals surface area contributed by atoms with Gasteiger partial charge in [-0.05, 0) is 24.3 Å². The second kappa shape index (κ2) is 5.54. The molecule has 2 aromatic heterocycles. The number of nitro benzene ring substituents is 1. The Morgan fingerprint density at radius 2 is 1.83 bits per heavy atom. The molecule has 0 aliphatic carbocycles. The van der Waals surface area contributed by atoms with Crippen LogP contribution in [0.5, 0.6) is 0 Å². The number of fused-ring (bicyclic) bond motifs is 1. The minimum Gasteiger partial charge on any atom is -0.419 e. The van der Waals surface area contributed by atoms with Gasteiger partial charge in [0.2, 0.25) is 11.8 Å². The van der Waals surface area contributed by atoms with E-state index in [9.17, 15) is 10.1 Å². The fourth-order valence-electron chi connectivity index (χ4n) is 2.32. The first-order valence-electron chi connectivity index (χ1n) is 7.06. The van der Waals surface area contributed by atoms with Gasteiger partial charge in [-0.25, -0.2) is 4.68 Å².